The predicted octanol–water partition coefficient (Wildman–Crippen LogP) is 5.83. The van der Waals surface area contributed by atoms with Crippen molar-refractivity contribution in [2.24, 2.45) is 0 Å². The monoisotopic (exact) mass is 414 g/mol. The lowest BCUT2D eigenvalue weighted by atomic mass is 9.90. The van der Waals surface area contributed by atoms with Crippen LogP contribution in [0.15, 0.2) is 48.5 Å². The Bertz CT molecular complexity index is 1020. The van der Waals surface area contributed by atoms with Crippen LogP contribution in [0.1, 0.15) is 42.1 Å². The molecular weight excluding hydrogens is 391 g/mol. The van der Waals surface area contributed by atoms with Crippen LogP contribution in [0.2, 0.25) is 5.02 Å². The molecule has 3 nitrogen and oxygen atoms in total. The molecule has 29 heavy (non-hydrogen) atoms. The third kappa shape index (κ3) is 4.11. The largest absolute Gasteiger partial charge is 0.497 e. The molecule has 0 aromatic heterocycles. The van der Waals surface area contributed by atoms with Crippen LogP contribution < -0.4 is 4.74 Å². The van der Waals surface area contributed by atoms with Gasteiger partial charge in [0.1, 0.15) is 11.6 Å². The van der Waals surface area contributed by atoms with Gasteiger partial charge in [-0.25, -0.2) is 4.39 Å². The molecule has 1 fully saturated rings. The van der Waals surface area contributed by atoms with Crippen LogP contribution in [0.3, 0.4) is 0 Å². The quantitative estimate of drug-likeness (QED) is 0.570. The Labute approximate surface area is 175 Å². The predicted molar refractivity (Wildman–Crippen MR) is 113 cm³/mol. The number of aliphatic hydroxyl groups excluding tert-OH is 1. The zero-order chi connectivity index (χ0) is 20.4. The minimum Gasteiger partial charge on any atom is -0.497 e. The minimum atomic E-state index is -0.315. The molecule has 3 aromatic carbocycles. The summed E-state index contributed by atoms with van der Waals surface area (Å²) < 4.78 is 25.8. The minimum absolute atomic E-state index is 0.0198. The number of hydrogen-bond acceptors (Lipinski definition) is 3. The van der Waals surface area contributed by atoms with Crippen LogP contribution in [-0.2, 0) is 11.2 Å². The van der Waals surface area contributed by atoms with Crippen molar-refractivity contribution in [1.82, 2.24) is 0 Å². The first-order chi connectivity index (χ1) is 14.1. The lowest BCUT2D eigenvalue weighted by molar-refractivity contribution is -0.0731. The van der Waals surface area contributed by atoms with Crippen molar-refractivity contribution in [3.05, 3.63) is 76.1 Å². The van der Waals surface area contributed by atoms with E-state index in [9.17, 15) is 9.50 Å². The lowest BCUT2D eigenvalue weighted by Crippen LogP contribution is -2.25. The van der Waals surface area contributed by atoms with Gasteiger partial charge in [-0.3, -0.25) is 0 Å². The molecule has 1 aliphatic heterocycles. The molecule has 0 bridgehead atoms. The molecule has 1 aliphatic rings. The van der Waals surface area contributed by atoms with E-state index in [0.717, 1.165) is 41.2 Å². The molecule has 4 rings (SSSR count). The molecule has 2 atom stereocenters. The van der Waals surface area contributed by atoms with Crippen molar-refractivity contribution >= 4 is 22.4 Å². The summed E-state index contributed by atoms with van der Waals surface area (Å²) >= 11 is 6.74. The van der Waals surface area contributed by atoms with E-state index < -0.39 is 0 Å². The molecule has 1 heterocycles. The summed E-state index contributed by atoms with van der Waals surface area (Å²) in [5, 5.41) is 12.1. The number of rotatable bonds is 5. The fourth-order valence-electron chi connectivity index (χ4n) is 4.09. The van der Waals surface area contributed by atoms with E-state index in [4.69, 9.17) is 21.1 Å². The van der Waals surface area contributed by atoms with Crippen LogP contribution in [0.4, 0.5) is 4.39 Å². The van der Waals surface area contributed by atoms with Crippen LogP contribution in [0.25, 0.3) is 10.8 Å². The Morgan fingerprint density at radius 1 is 1.10 bits per heavy atom. The van der Waals surface area contributed by atoms with Crippen molar-refractivity contribution in [3.63, 3.8) is 0 Å². The van der Waals surface area contributed by atoms with Gasteiger partial charge >= 0.3 is 0 Å². The van der Waals surface area contributed by atoms with Gasteiger partial charge in [0.25, 0.3) is 0 Å². The zero-order valence-electron chi connectivity index (χ0n) is 16.3. The van der Waals surface area contributed by atoms with Gasteiger partial charge in [0.2, 0.25) is 0 Å². The van der Waals surface area contributed by atoms with E-state index in [1.165, 1.54) is 13.2 Å². The molecule has 1 N–H and O–H groups in total. The first-order valence-electron chi connectivity index (χ1n) is 9.89. The van der Waals surface area contributed by atoms with Gasteiger partial charge in [-0.05, 0) is 47.4 Å². The highest BCUT2D eigenvalue weighted by Crippen LogP contribution is 2.39. The normalized spacial score (nSPS) is 19.4. The second kappa shape index (κ2) is 8.70. The average molecular weight is 415 g/mol. The van der Waals surface area contributed by atoms with E-state index in [1.807, 2.05) is 30.3 Å². The summed E-state index contributed by atoms with van der Waals surface area (Å²) in [5.74, 6) is 0.173. The second-order valence-corrected chi connectivity index (χ2v) is 7.86. The summed E-state index contributed by atoms with van der Waals surface area (Å²) in [5.41, 5.74) is 2.47. The van der Waals surface area contributed by atoms with Crippen molar-refractivity contribution in [1.29, 1.82) is 0 Å². The second-order valence-electron chi connectivity index (χ2n) is 7.48. The summed E-state index contributed by atoms with van der Waals surface area (Å²) in [6.45, 7) is 0.0198. The fourth-order valence-corrected chi connectivity index (χ4v) is 4.38. The van der Waals surface area contributed by atoms with E-state index in [2.05, 4.69) is 0 Å². The maximum Gasteiger partial charge on any atom is 0.130 e. The van der Waals surface area contributed by atoms with E-state index >= 15 is 0 Å². The highest BCUT2D eigenvalue weighted by Gasteiger charge is 2.26. The smallest absolute Gasteiger partial charge is 0.130 e. The number of aliphatic hydroxyl groups is 1. The molecule has 152 valence electrons. The maximum absolute atomic E-state index is 14.5. The third-order valence-corrected chi connectivity index (χ3v) is 6.07. The number of ether oxygens (including phenoxy) is 2. The molecular formula is C24H24ClFO3. The fraction of sp³-hybridized carbons (Fsp3) is 0.333. The first kappa shape index (κ1) is 20.1. The number of halogens is 2. The standard InChI is InChI=1S/C24H24ClFO3/c1-28-17-10-9-15(22(26)13-17)11-16-12-21(23-8-4-5-18(14-27)29-23)19-6-2-3-7-20(19)24(16)25/h2-3,6-7,9-10,12-13,18,23,27H,4-5,8,11,14H2,1H3. The van der Waals surface area contributed by atoms with Crippen LogP contribution in [-0.4, -0.2) is 24.9 Å². The molecule has 2 unspecified atom stereocenters. The third-order valence-electron chi connectivity index (χ3n) is 5.63. The van der Waals surface area contributed by atoms with E-state index in [-0.39, 0.29) is 24.6 Å². The van der Waals surface area contributed by atoms with Crippen molar-refractivity contribution in [2.75, 3.05) is 13.7 Å². The Kier molecular flexibility index (Phi) is 6.04. The van der Waals surface area contributed by atoms with Crippen molar-refractivity contribution < 1.29 is 19.0 Å². The summed E-state index contributed by atoms with van der Waals surface area (Å²) in [6.07, 6.45) is 2.87. The lowest BCUT2D eigenvalue weighted by Gasteiger charge is -2.30. The number of benzene rings is 3. The van der Waals surface area contributed by atoms with Crippen molar-refractivity contribution in [3.8, 4) is 5.75 Å². The van der Waals surface area contributed by atoms with Crippen LogP contribution in [0.5, 0.6) is 5.75 Å². The number of hydrogen-bond donors (Lipinski definition) is 1. The highest BCUT2D eigenvalue weighted by molar-refractivity contribution is 6.36. The van der Waals surface area contributed by atoms with Crippen molar-refractivity contribution in [2.45, 2.75) is 37.9 Å². The van der Waals surface area contributed by atoms with Gasteiger partial charge in [-0.1, -0.05) is 48.0 Å². The summed E-state index contributed by atoms with van der Waals surface area (Å²) in [4.78, 5) is 0. The molecule has 0 aliphatic carbocycles. The van der Waals surface area contributed by atoms with Gasteiger partial charge in [-0.15, -0.1) is 0 Å². The molecule has 3 aromatic rings. The topological polar surface area (TPSA) is 38.7 Å². The number of fused-ring (bicyclic) bond motifs is 1. The van der Waals surface area contributed by atoms with Crippen LogP contribution >= 0.6 is 11.6 Å². The summed E-state index contributed by atoms with van der Waals surface area (Å²) in [6, 6.07) is 14.9. The van der Waals surface area contributed by atoms with Crippen LogP contribution in [0, 0.1) is 5.82 Å². The van der Waals surface area contributed by atoms with Gasteiger partial charge < -0.3 is 14.6 Å². The molecule has 5 heteroatoms. The average Bonchev–Trinajstić information content (AvgIpc) is 2.77. The van der Waals surface area contributed by atoms with E-state index in [1.54, 1.807) is 12.1 Å². The Morgan fingerprint density at radius 3 is 2.62 bits per heavy atom. The Morgan fingerprint density at radius 2 is 1.90 bits per heavy atom. The first-order valence-corrected chi connectivity index (χ1v) is 10.3. The SMILES string of the molecule is COc1ccc(Cc2cc(C3CCCC(CO)O3)c3ccccc3c2Cl)c(F)c1. The van der Waals surface area contributed by atoms with Gasteiger partial charge in [0.15, 0.2) is 0 Å². The zero-order valence-corrected chi connectivity index (χ0v) is 17.1. The molecule has 0 saturated carbocycles. The van der Waals surface area contributed by atoms with Gasteiger partial charge in [-0.2, -0.15) is 0 Å². The molecule has 0 amide bonds. The molecule has 0 spiro atoms. The van der Waals surface area contributed by atoms with E-state index in [0.29, 0.717) is 22.8 Å². The summed E-state index contributed by atoms with van der Waals surface area (Å²) in [7, 11) is 1.52. The Balaban J connectivity index is 1.77. The highest BCUT2D eigenvalue weighted by atomic mass is 35.5. The van der Waals surface area contributed by atoms with Gasteiger partial charge in [0, 0.05) is 17.9 Å². The number of methoxy groups -OCH3 is 1. The molecule has 0 radical (unpaired) electrons. The molecule has 1 saturated heterocycles. The Hall–Kier alpha value is -2.14. The maximum atomic E-state index is 14.5. The van der Waals surface area contributed by atoms with Gasteiger partial charge in [0.05, 0.1) is 30.9 Å².